The van der Waals surface area contributed by atoms with Crippen LogP contribution in [0.4, 0.5) is 12.6 Å². The maximum absolute atomic E-state index is 10.7. The Morgan fingerprint density at radius 3 is 2.00 bits per heavy atom. The number of nitrogens with zero attached hydrogens (tertiary/aromatic N) is 1. The van der Waals surface area contributed by atoms with Gasteiger partial charge < -0.3 is 0 Å². The standard InChI is InChI=1S/F3H2NP2/c1-5-4-6(2)3/h5-6H. The van der Waals surface area contributed by atoms with E-state index in [9.17, 15) is 12.6 Å². The molecule has 0 spiro atoms. The highest BCUT2D eigenvalue weighted by Crippen LogP contribution is 2.35. The molecule has 0 fully saturated rings. The third kappa shape index (κ3) is 4.45. The van der Waals surface area contributed by atoms with E-state index in [1.54, 1.807) is 0 Å². The molecule has 0 rings (SSSR count). The number of hydrogen-bond donors (Lipinski definition) is 0. The third-order valence-corrected chi connectivity index (χ3v) is 1.14. The minimum atomic E-state index is -3.62. The van der Waals surface area contributed by atoms with Gasteiger partial charge in [0.15, 0.2) is 9.04 Å². The Balaban J connectivity index is 3.14. The van der Waals surface area contributed by atoms with Gasteiger partial charge >= 0.3 is 0 Å². The molecule has 0 aliphatic rings. The van der Waals surface area contributed by atoms with Crippen molar-refractivity contribution in [1.82, 2.24) is 0 Å². The molecule has 0 aliphatic heterocycles. The van der Waals surface area contributed by atoms with E-state index in [0.29, 0.717) is 0 Å². The lowest BCUT2D eigenvalue weighted by atomic mass is 13.9. The van der Waals surface area contributed by atoms with E-state index >= 15 is 0 Å². The quantitative estimate of drug-likeness (QED) is 0.490. The highest BCUT2D eigenvalue weighted by atomic mass is 31.2. The van der Waals surface area contributed by atoms with Gasteiger partial charge in [0.1, 0.15) is 0 Å². The van der Waals surface area contributed by atoms with Gasteiger partial charge in [0.05, 0.1) is 0 Å². The second-order valence-corrected chi connectivity index (χ2v) is 1.98. The summed E-state index contributed by atoms with van der Waals surface area (Å²) in [5.74, 6) is 0. The smallest absolute Gasteiger partial charge is 0.204 e. The van der Waals surface area contributed by atoms with E-state index < -0.39 is 17.4 Å². The Morgan fingerprint density at radius 2 is 2.00 bits per heavy atom. The normalized spacial score (nSPS) is 11.3. The zero-order chi connectivity index (χ0) is 4.99. The maximum atomic E-state index is 10.7. The average molecular weight is 135 g/mol. The molecule has 0 aromatic rings. The summed E-state index contributed by atoms with van der Waals surface area (Å²) in [4.78, 5) is 0. The minimum absolute atomic E-state index is 1.44. The summed E-state index contributed by atoms with van der Waals surface area (Å²) in [5.41, 5.74) is 0. The molecule has 1 unspecified atom stereocenters. The molecule has 0 radical (unpaired) electrons. The first-order chi connectivity index (χ1) is 2.77. The van der Waals surface area contributed by atoms with Gasteiger partial charge in [0.2, 0.25) is 0 Å². The molecule has 1 atom stereocenters. The average Bonchev–Trinajstić information content (AvgIpc) is 1.35. The first-order valence-electron chi connectivity index (χ1n) is 1.01. The Bertz CT molecular complexity index is 55.8. The van der Waals surface area contributed by atoms with Crippen molar-refractivity contribution in [2.75, 3.05) is 0 Å². The van der Waals surface area contributed by atoms with Crippen LogP contribution in [-0.4, -0.2) is 0 Å². The van der Waals surface area contributed by atoms with Gasteiger partial charge in [0, 0.05) is 0 Å². The topological polar surface area (TPSA) is 12.4 Å². The van der Waals surface area contributed by atoms with E-state index in [1.807, 2.05) is 0 Å². The largest absolute Gasteiger partial charge is 0.288 e. The van der Waals surface area contributed by atoms with E-state index in [2.05, 4.69) is 4.52 Å². The van der Waals surface area contributed by atoms with Crippen LogP contribution in [0.15, 0.2) is 4.52 Å². The zero-order valence-electron chi connectivity index (χ0n) is 2.58. The molecule has 0 N–H and O–H groups in total. The van der Waals surface area contributed by atoms with E-state index in [0.717, 1.165) is 0 Å². The van der Waals surface area contributed by atoms with E-state index in [1.165, 1.54) is 0 Å². The van der Waals surface area contributed by atoms with Crippen LogP contribution < -0.4 is 0 Å². The minimum Gasteiger partial charge on any atom is -0.204 e. The predicted octanol–water partition coefficient (Wildman–Crippen LogP) is 2.63. The monoisotopic (exact) mass is 135 g/mol. The van der Waals surface area contributed by atoms with Crippen LogP contribution in [0.1, 0.15) is 0 Å². The van der Waals surface area contributed by atoms with Crippen molar-refractivity contribution in [3.63, 3.8) is 0 Å². The fourth-order valence-electron chi connectivity index (χ4n) is 0.0319. The molecular weight excluding hydrogens is 133 g/mol. The van der Waals surface area contributed by atoms with Crippen molar-refractivity contribution in [3.05, 3.63) is 0 Å². The molecule has 0 amide bonds. The lowest BCUT2D eigenvalue weighted by Gasteiger charge is -1.71. The molecule has 0 aliphatic carbocycles. The van der Waals surface area contributed by atoms with Crippen LogP contribution in [0.3, 0.4) is 0 Å². The maximum Gasteiger partial charge on any atom is 0.288 e. The van der Waals surface area contributed by atoms with Crippen LogP contribution in [0.2, 0.25) is 0 Å². The Labute approximate surface area is 35.6 Å². The SMILES string of the molecule is FPN=[PH](F)F. The summed E-state index contributed by atoms with van der Waals surface area (Å²) in [7, 11) is -5.06. The first-order valence-corrected chi connectivity index (χ1v) is 3.04. The summed E-state index contributed by atoms with van der Waals surface area (Å²) < 4.78 is 34.4. The summed E-state index contributed by atoms with van der Waals surface area (Å²) in [6.45, 7) is 0. The van der Waals surface area contributed by atoms with Gasteiger partial charge in [0.25, 0.3) is 8.33 Å². The van der Waals surface area contributed by atoms with Crippen molar-refractivity contribution in [2.45, 2.75) is 0 Å². The molecule has 1 nitrogen and oxygen atoms in total. The fraction of sp³-hybridized carbons (Fsp3) is 0. The molecule has 0 bridgehead atoms. The van der Waals surface area contributed by atoms with Crippen LogP contribution in [-0.2, 0) is 0 Å². The van der Waals surface area contributed by atoms with Crippen molar-refractivity contribution in [1.29, 1.82) is 0 Å². The van der Waals surface area contributed by atoms with Gasteiger partial charge in [-0.05, 0) is 0 Å². The molecular formula is H2F3NP2. The third-order valence-electron chi connectivity index (χ3n) is 0.127. The fourth-order valence-corrected chi connectivity index (χ4v) is 0.287. The Morgan fingerprint density at radius 1 is 1.50 bits per heavy atom. The molecule has 6 heteroatoms. The van der Waals surface area contributed by atoms with Crippen molar-refractivity contribution in [2.24, 2.45) is 4.52 Å². The van der Waals surface area contributed by atoms with Crippen LogP contribution in [0.5, 0.6) is 0 Å². The highest BCUT2D eigenvalue weighted by Gasteiger charge is 1.79. The lowest BCUT2D eigenvalue weighted by Crippen LogP contribution is -1.17. The van der Waals surface area contributed by atoms with Gasteiger partial charge in [-0.3, -0.25) is 0 Å². The van der Waals surface area contributed by atoms with Gasteiger partial charge in [-0.1, -0.05) is 0 Å². The van der Waals surface area contributed by atoms with Gasteiger partial charge in [-0.2, -0.15) is 12.9 Å². The zero-order valence-corrected chi connectivity index (χ0v) is 4.58. The summed E-state index contributed by atoms with van der Waals surface area (Å²) >= 11 is 0. The van der Waals surface area contributed by atoms with Crippen molar-refractivity contribution < 1.29 is 12.6 Å². The Hall–Kier alpha value is 0.450. The van der Waals surface area contributed by atoms with E-state index in [-0.39, 0.29) is 0 Å². The molecule has 0 saturated carbocycles. The molecule has 0 aromatic heterocycles. The van der Waals surface area contributed by atoms with Crippen LogP contribution in [0, 0.1) is 0 Å². The second kappa shape index (κ2) is 3.63. The molecule has 6 heavy (non-hydrogen) atoms. The number of rotatable bonds is 1. The van der Waals surface area contributed by atoms with Crippen molar-refractivity contribution in [3.8, 4) is 0 Å². The van der Waals surface area contributed by atoms with Crippen LogP contribution in [0.25, 0.3) is 0 Å². The number of halogens is 3. The molecule has 0 heterocycles. The van der Waals surface area contributed by atoms with Gasteiger partial charge in [-0.25, -0.2) is 4.20 Å². The van der Waals surface area contributed by atoms with E-state index in [4.69, 9.17) is 0 Å². The highest BCUT2D eigenvalue weighted by molar-refractivity contribution is 7.45. The predicted molar refractivity (Wildman–Crippen MR) is 22.4 cm³/mol. The van der Waals surface area contributed by atoms with Crippen LogP contribution >= 0.6 is 17.4 Å². The summed E-state index contributed by atoms with van der Waals surface area (Å²) in [6.07, 6.45) is 0. The summed E-state index contributed by atoms with van der Waals surface area (Å²) in [6, 6.07) is 0. The van der Waals surface area contributed by atoms with Gasteiger partial charge in [-0.15, -0.1) is 0 Å². The lowest BCUT2D eigenvalue weighted by molar-refractivity contribution is 0.764. The molecule has 38 valence electrons. The Kier molecular flexibility index (Phi) is 3.91. The van der Waals surface area contributed by atoms with Crippen molar-refractivity contribution >= 4 is 17.4 Å². The second-order valence-electron chi connectivity index (χ2n) is 0.437. The summed E-state index contributed by atoms with van der Waals surface area (Å²) in [5, 5.41) is 0. The first kappa shape index (κ1) is 6.45. The molecule has 0 saturated heterocycles. The number of hydrogen-bond acceptors (Lipinski definition) is 1. The molecule has 0 aromatic carbocycles.